The van der Waals surface area contributed by atoms with Gasteiger partial charge in [0.15, 0.2) is 11.4 Å². The van der Waals surface area contributed by atoms with Gasteiger partial charge in [-0.3, -0.25) is 9.78 Å². The smallest absolute Gasteiger partial charge is 0.162 e. The first-order chi connectivity index (χ1) is 22.9. The van der Waals surface area contributed by atoms with Crippen LogP contribution in [0.15, 0.2) is 83.3 Å². The van der Waals surface area contributed by atoms with Gasteiger partial charge in [-0.25, -0.2) is 4.98 Å². The van der Waals surface area contributed by atoms with E-state index in [1.165, 1.54) is 17.0 Å². The summed E-state index contributed by atoms with van der Waals surface area (Å²) in [6, 6.07) is 22.5. The summed E-state index contributed by atoms with van der Waals surface area (Å²) in [6.45, 7) is 19.2. The Morgan fingerprint density at radius 3 is 2.22 bits per heavy atom. The van der Waals surface area contributed by atoms with Crippen LogP contribution < -0.4 is 0 Å². The van der Waals surface area contributed by atoms with Crippen LogP contribution in [0.2, 0.25) is 0 Å². The number of pyridine rings is 2. The molecule has 0 spiro atoms. The molecule has 263 valence electrons. The largest absolute Gasteiger partial charge is 0.512 e. The second-order valence-corrected chi connectivity index (χ2v) is 14.2. The van der Waals surface area contributed by atoms with Gasteiger partial charge in [-0.1, -0.05) is 97.5 Å². The van der Waals surface area contributed by atoms with Crippen molar-refractivity contribution >= 4 is 27.7 Å². The molecule has 0 bridgehead atoms. The number of hydrogen-bond donors (Lipinski definition) is 1. The molecule has 5 nitrogen and oxygen atoms in total. The van der Waals surface area contributed by atoms with Gasteiger partial charge in [0, 0.05) is 55.5 Å². The second kappa shape index (κ2) is 17.9. The van der Waals surface area contributed by atoms with Crippen LogP contribution in [0.3, 0.4) is 0 Å². The predicted octanol–water partition coefficient (Wildman–Crippen LogP) is 11.9. The summed E-state index contributed by atoms with van der Waals surface area (Å²) in [5.41, 5.74) is 8.14. The Hall–Kier alpha value is -3.60. The Kier molecular flexibility index (Phi) is 14.5. The minimum Gasteiger partial charge on any atom is -0.512 e. The standard InChI is InChI=1S/C30H29N2O.C13H24O2.Ir/c1-19(2)14-23-18-33-28-11-10-26(32-29(23)28)21-12-13-31-27(17-21)22-15-20-8-6-7-9-24(20)25(16-22)30(3,4)5;1-5-10(6-2)12(14)9-13(15)11(7-3)8-4;/h6-13,16-19H,14H2,1-5H3;9-11,14H,5-8H2,1-4H3;/q-1;;/b;12-9-;. The summed E-state index contributed by atoms with van der Waals surface area (Å²) >= 11 is 0. The Balaban J connectivity index is 0.000000347. The molecule has 0 saturated heterocycles. The normalized spacial score (nSPS) is 12.0. The second-order valence-electron chi connectivity index (χ2n) is 14.2. The van der Waals surface area contributed by atoms with Crippen LogP contribution in [0.5, 0.6) is 0 Å². The molecular formula is C43H53IrN2O3-. The Labute approximate surface area is 307 Å². The van der Waals surface area contributed by atoms with Gasteiger partial charge in [0.25, 0.3) is 0 Å². The quantitative estimate of drug-likeness (QED) is 0.0815. The molecule has 0 aliphatic carbocycles. The minimum absolute atomic E-state index is 0. The van der Waals surface area contributed by atoms with Crippen molar-refractivity contribution < 1.29 is 34.4 Å². The van der Waals surface area contributed by atoms with Crippen molar-refractivity contribution in [1.82, 2.24) is 9.97 Å². The van der Waals surface area contributed by atoms with Crippen molar-refractivity contribution in [3.63, 3.8) is 0 Å². The van der Waals surface area contributed by atoms with E-state index in [9.17, 15) is 9.90 Å². The number of carbonyl (C=O) groups is 1. The monoisotopic (exact) mass is 838 g/mol. The maximum absolute atomic E-state index is 11.7. The Morgan fingerprint density at radius 2 is 1.59 bits per heavy atom. The molecule has 3 aromatic heterocycles. The molecule has 0 fully saturated rings. The fraction of sp³-hybridized carbons (Fsp3) is 0.419. The molecule has 2 aromatic carbocycles. The van der Waals surface area contributed by atoms with E-state index in [2.05, 4.69) is 77.1 Å². The van der Waals surface area contributed by atoms with Crippen LogP contribution in [0.4, 0.5) is 0 Å². The predicted molar refractivity (Wildman–Crippen MR) is 200 cm³/mol. The van der Waals surface area contributed by atoms with E-state index in [4.69, 9.17) is 14.4 Å². The van der Waals surface area contributed by atoms with Crippen molar-refractivity contribution in [3.8, 4) is 22.5 Å². The first-order valence-electron chi connectivity index (χ1n) is 17.6. The number of carbonyl (C=O) groups excluding carboxylic acids is 1. The number of rotatable bonds is 11. The third-order valence-electron chi connectivity index (χ3n) is 9.12. The van der Waals surface area contributed by atoms with Gasteiger partial charge in [0.05, 0.1) is 17.7 Å². The van der Waals surface area contributed by atoms with Crippen molar-refractivity contribution in [2.75, 3.05) is 0 Å². The van der Waals surface area contributed by atoms with Gasteiger partial charge < -0.3 is 9.52 Å². The molecule has 1 radical (unpaired) electrons. The van der Waals surface area contributed by atoms with Crippen LogP contribution in [-0.2, 0) is 36.7 Å². The third-order valence-corrected chi connectivity index (χ3v) is 9.12. The molecule has 5 rings (SSSR count). The number of ketones is 1. The topological polar surface area (TPSA) is 76.2 Å². The van der Waals surface area contributed by atoms with Gasteiger partial charge in [0.2, 0.25) is 0 Å². The number of allylic oxidation sites excluding steroid dienone is 2. The van der Waals surface area contributed by atoms with Gasteiger partial charge in [-0.2, -0.15) is 0 Å². The summed E-state index contributed by atoms with van der Waals surface area (Å²) in [5, 5.41) is 12.1. The van der Waals surface area contributed by atoms with Crippen LogP contribution in [0, 0.1) is 23.8 Å². The zero-order valence-corrected chi connectivity index (χ0v) is 33.1. The van der Waals surface area contributed by atoms with E-state index in [0.717, 1.165) is 76.7 Å². The molecule has 0 atom stereocenters. The SMILES string of the molecule is CC(C)Cc1coc2ccc(-c3ccnc(-c4[c-]c5ccccc5c(C(C)(C)C)c4)c3)nc12.CCC(CC)C(=O)/C=C(\O)C(CC)CC.[Ir]. The summed E-state index contributed by atoms with van der Waals surface area (Å²) in [6.07, 6.45) is 9.56. The van der Waals surface area contributed by atoms with E-state index in [1.54, 1.807) is 0 Å². The summed E-state index contributed by atoms with van der Waals surface area (Å²) < 4.78 is 5.74. The zero-order valence-electron chi connectivity index (χ0n) is 30.7. The number of fused-ring (bicyclic) bond motifs is 2. The fourth-order valence-electron chi connectivity index (χ4n) is 6.21. The molecule has 6 heteroatoms. The first kappa shape index (κ1) is 39.8. The molecule has 3 heterocycles. The molecule has 5 aromatic rings. The number of nitrogens with zero attached hydrogens (tertiary/aromatic N) is 2. The number of aromatic nitrogens is 2. The van der Waals surface area contributed by atoms with E-state index < -0.39 is 0 Å². The van der Waals surface area contributed by atoms with Crippen LogP contribution in [0.1, 0.15) is 99.1 Å². The summed E-state index contributed by atoms with van der Waals surface area (Å²) in [5.74, 6) is 1.09. The number of aliphatic hydroxyl groups excluding tert-OH is 1. The molecule has 0 unspecified atom stereocenters. The first-order valence-corrected chi connectivity index (χ1v) is 17.6. The molecular weight excluding hydrogens is 785 g/mol. The van der Waals surface area contributed by atoms with E-state index >= 15 is 0 Å². The Bertz CT molecular complexity index is 1860. The van der Waals surface area contributed by atoms with E-state index in [-0.39, 0.29) is 48.9 Å². The maximum Gasteiger partial charge on any atom is 0.162 e. The van der Waals surface area contributed by atoms with Gasteiger partial charge in [0.1, 0.15) is 5.52 Å². The minimum atomic E-state index is 0. The molecule has 0 aliphatic rings. The molecule has 0 saturated carbocycles. The number of aliphatic hydroxyl groups is 1. The van der Waals surface area contributed by atoms with Crippen LogP contribution in [-0.4, -0.2) is 20.9 Å². The maximum atomic E-state index is 11.7. The average Bonchev–Trinajstić information content (AvgIpc) is 3.46. The zero-order chi connectivity index (χ0) is 35.0. The summed E-state index contributed by atoms with van der Waals surface area (Å²) in [7, 11) is 0. The van der Waals surface area contributed by atoms with Crippen molar-refractivity contribution in [2.24, 2.45) is 17.8 Å². The van der Waals surface area contributed by atoms with E-state index in [1.807, 2.05) is 58.4 Å². The average molecular weight is 838 g/mol. The number of benzene rings is 2. The van der Waals surface area contributed by atoms with Crippen LogP contribution >= 0.6 is 0 Å². The van der Waals surface area contributed by atoms with Gasteiger partial charge >= 0.3 is 0 Å². The summed E-state index contributed by atoms with van der Waals surface area (Å²) in [4.78, 5) is 21.4. The van der Waals surface area contributed by atoms with Crippen LogP contribution in [0.25, 0.3) is 44.4 Å². The third kappa shape index (κ3) is 9.99. The van der Waals surface area contributed by atoms with Crippen molar-refractivity contribution in [3.05, 3.63) is 96.1 Å². The number of hydrogen-bond acceptors (Lipinski definition) is 5. The fourth-order valence-corrected chi connectivity index (χ4v) is 6.21. The molecule has 0 aliphatic heterocycles. The van der Waals surface area contributed by atoms with Gasteiger partial charge in [-0.05, 0) is 67.2 Å². The van der Waals surface area contributed by atoms with Crippen molar-refractivity contribution in [1.29, 1.82) is 0 Å². The van der Waals surface area contributed by atoms with Crippen molar-refractivity contribution in [2.45, 2.75) is 99.8 Å². The Morgan fingerprint density at radius 1 is 0.918 bits per heavy atom. The molecule has 49 heavy (non-hydrogen) atoms. The molecule has 1 N–H and O–H groups in total. The van der Waals surface area contributed by atoms with Gasteiger partial charge in [-0.15, -0.1) is 29.1 Å². The molecule has 0 amide bonds. The van der Waals surface area contributed by atoms with E-state index in [0.29, 0.717) is 5.92 Å². The number of furan rings is 1.